The molecule has 0 N–H and O–H groups in total. The molecule has 1 aliphatic carbocycles. The van der Waals surface area contributed by atoms with Crippen LogP contribution in [-0.2, 0) is 4.79 Å². The van der Waals surface area contributed by atoms with Crippen LogP contribution in [0, 0.1) is 5.92 Å². The molecule has 4 nitrogen and oxygen atoms in total. The van der Waals surface area contributed by atoms with E-state index in [1.807, 2.05) is 10.9 Å². The van der Waals surface area contributed by atoms with Crippen LogP contribution in [0.1, 0.15) is 45.1 Å². The molecule has 1 aromatic rings. The minimum Gasteiger partial charge on any atom is -0.300 e. The van der Waals surface area contributed by atoms with Crippen LogP contribution < -0.4 is 0 Å². The number of ketones is 1. The van der Waals surface area contributed by atoms with Crippen LogP contribution in [0.25, 0.3) is 0 Å². The van der Waals surface area contributed by atoms with E-state index in [9.17, 15) is 4.79 Å². The van der Waals surface area contributed by atoms with Gasteiger partial charge in [0.2, 0.25) is 0 Å². The lowest BCUT2D eigenvalue weighted by molar-refractivity contribution is -0.122. The van der Waals surface area contributed by atoms with Crippen LogP contribution >= 0.6 is 0 Å². The van der Waals surface area contributed by atoms with Crippen LogP contribution in [0.2, 0.25) is 0 Å². The molecule has 15 heavy (non-hydrogen) atoms. The minimum atomic E-state index is 0.244. The molecule has 4 heteroatoms. The predicted molar refractivity (Wildman–Crippen MR) is 56.3 cm³/mol. The van der Waals surface area contributed by atoms with E-state index in [0.717, 1.165) is 12.8 Å². The fourth-order valence-electron chi connectivity index (χ4n) is 2.45. The lowest BCUT2D eigenvalue weighted by atomic mass is 9.81. The summed E-state index contributed by atoms with van der Waals surface area (Å²) in [7, 11) is 0. The number of rotatable bonds is 3. The average molecular weight is 207 g/mol. The maximum atomic E-state index is 11.5. The zero-order valence-electron chi connectivity index (χ0n) is 9.09. The second kappa shape index (κ2) is 4.55. The molecule has 0 aliphatic heterocycles. The van der Waals surface area contributed by atoms with Crippen molar-refractivity contribution in [1.82, 2.24) is 15.0 Å². The number of Topliss-reactive ketones (excluding diaryl/α,β-unsaturated/α-hetero) is 1. The average Bonchev–Trinajstić information content (AvgIpc) is 2.74. The van der Waals surface area contributed by atoms with Crippen LogP contribution in [0.4, 0.5) is 0 Å². The van der Waals surface area contributed by atoms with Gasteiger partial charge in [-0.2, -0.15) is 0 Å². The molecule has 0 saturated heterocycles. The maximum absolute atomic E-state index is 11.5. The summed E-state index contributed by atoms with van der Waals surface area (Å²) in [5.41, 5.74) is 0. The standard InChI is InChI=1S/C11H17N3O/c1-2-3-9-4-5-10(15)8-11(9)14-7-6-12-13-14/h6-7,9,11H,2-5,8H2,1H3. The third-order valence-electron chi connectivity index (χ3n) is 3.22. The normalized spacial score (nSPS) is 26.9. The Morgan fingerprint density at radius 1 is 1.60 bits per heavy atom. The Balaban J connectivity index is 2.13. The SMILES string of the molecule is CCCC1CCC(=O)CC1n1ccnn1. The third-order valence-corrected chi connectivity index (χ3v) is 3.22. The van der Waals surface area contributed by atoms with Crippen molar-refractivity contribution in [3.05, 3.63) is 12.4 Å². The highest BCUT2D eigenvalue weighted by Gasteiger charge is 2.30. The van der Waals surface area contributed by atoms with Gasteiger partial charge in [0.1, 0.15) is 5.78 Å². The van der Waals surface area contributed by atoms with Crippen molar-refractivity contribution in [2.24, 2.45) is 5.92 Å². The molecule has 0 bridgehead atoms. The van der Waals surface area contributed by atoms with E-state index in [1.54, 1.807) is 6.20 Å². The van der Waals surface area contributed by atoms with E-state index in [1.165, 1.54) is 12.8 Å². The Hall–Kier alpha value is -1.19. The molecule has 2 atom stereocenters. The van der Waals surface area contributed by atoms with E-state index in [-0.39, 0.29) is 6.04 Å². The first-order valence-electron chi connectivity index (χ1n) is 5.68. The number of hydrogen-bond acceptors (Lipinski definition) is 3. The number of hydrogen-bond donors (Lipinski definition) is 0. The van der Waals surface area contributed by atoms with E-state index in [2.05, 4.69) is 17.2 Å². The first-order chi connectivity index (χ1) is 7.31. The predicted octanol–water partition coefficient (Wildman–Crippen LogP) is 1.99. The molecule has 1 saturated carbocycles. The second-order valence-corrected chi connectivity index (χ2v) is 4.28. The Bertz CT molecular complexity index is 321. The second-order valence-electron chi connectivity index (χ2n) is 4.28. The zero-order chi connectivity index (χ0) is 10.7. The highest BCUT2D eigenvalue weighted by Crippen LogP contribution is 2.34. The number of aromatic nitrogens is 3. The van der Waals surface area contributed by atoms with Crippen molar-refractivity contribution in [2.75, 3.05) is 0 Å². The van der Waals surface area contributed by atoms with Crippen LogP contribution in [0.3, 0.4) is 0 Å². The van der Waals surface area contributed by atoms with Gasteiger partial charge in [-0.05, 0) is 18.8 Å². The molecule has 0 radical (unpaired) electrons. The van der Waals surface area contributed by atoms with Gasteiger partial charge in [-0.15, -0.1) is 5.10 Å². The summed E-state index contributed by atoms with van der Waals surface area (Å²) in [4.78, 5) is 11.5. The molecule has 0 aromatic carbocycles. The molecular formula is C11H17N3O. The molecule has 1 heterocycles. The van der Waals surface area contributed by atoms with Gasteiger partial charge in [-0.25, -0.2) is 4.68 Å². The maximum Gasteiger partial charge on any atom is 0.135 e. The first-order valence-corrected chi connectivity index (χ1v) is 5.68. The van der Waals surface area contributed by atoms with E-state index in [4.69, 9.17) is 0 Å². The largest absolute Gasteiger partial charge is 0.300 e. The van der Waals surface area contributed by atoms with Gasteiger partial charge in [0.15, 0.2) is 0 Å². The zero-order valence-corrected chi connectivity index (χ0v) is 9.09. The van der Waals surface area contributed by atoms with Crippen molar-refractivity contribution in [3.63, 3.8) is 0 Å². The van der Waals surface area contributed by atoms with Gasteiger partial charge in [0.05, 0.1) is 12.2 Å². The lowest BCUT2D eigenvalue weighted by Gasteiger charge is -2.30. The smallest absolute Gasteiger partial charge is 0.135 e. The van der Waals surface area contributed by atoms with Crippen LogP contribution in [0.5, 0.6) is 0 Å². The molecule has 82 valence electrons. The molecule has 1 aliphatic rings. The van der Waals surface area contributed by atoms with Crippen molar-refractivity contribution < 1.29 is 4.79 Å². The van der Waals surface area contributed by atoms with Gasteiger partial charge < -0.3 is 0 Å². The summed E-state index contributed by atoms with van der Waals surface area (Å²) >= 11 is 0. The molecular weight excluding hydrogens is 190 g/mol. The summed E-state index contributed by atoms with van der Waals surface area (Å²) in [5, 5.41) is 7.84. The summed E-state index contributed by atoms with van der Waals surface area (Å²) in [6.45, 7) is 2.19. The first kappa shape index (κ1) is 10.3. The van der Waals surface area contributed by atoms with Crippen molar-refractivity contribution in [2.45, 2.75) is 45.1 Å². The molecule has 1 aromatic heterocycles. The van der Waals surface area contributed by atoms with Gasteiger partial charge in [-0.3, -0.25) is 4.79 Å². The molecule has 0 amide bonds. The highest BCUT2D eigenvalue weighted by molar-refractivity contribution is 5.79. The van der Waals surface area contributed by atoms with Crippen LogP contribution in [-0.4, -0.2) is 20.8 Å². The van der Waals surface area contributed by atoms with Crippen molar-refractivity contribution >= 4 is 5.78 Å². The summed E-state index contributed by atoms with van der Waals surface area (Å²) < 4.78 is 1.86. The Labute approximate surface area is 89.7 Å². The lowest BCUT2D eigenvalue weighted by Crippen LogP contribution is -2.28. The van der Waals surface area contributed by atoms with E-state index >= 15 is 0 Å². The topological polar surface area (TPSA) is 47.8 Å². The summed E-state index contributed by atoms with van der Waals surface area (Å²) in [6.07, 6.45) is 8.29. The highest BCUT2D eigenvalue weighted by atomic mass is 16.1. The Morgan fingerprint density at radius 3 is 3.13 bits per heavy atom. The molecule has 0 spiro atoms. The quantitative estimate of drug-likeness (QED) is 0.761. The monoisotopic (exact) mass is 207 g/mol. The molecule has 2 unspecified atom stereocenters. The van der Waals surface area contributed by atoms with Crippen LogP contribution in [0.15, 0.2) is 12.4 Å². The molecule has 2 rings (SSSR count). The van der Waals surface area contributed by atoms with Gasteiger partial charge in [-0.1, -0.05) is 18.6 Å². The van der Waals surface area contributed by atoms with Crippen molar-refractivity contribution in [1.29, 1.82) is 0 Å². The number of carbonyl (C=O) groups excluding carboxylic acids is 1. The van der Waals surface area contributed by atoms with Gasteiger partial charge in [0.25, 0.3) is 0 Å². The fraction of sp³-hybridized carbons (Fsp3) is 0.727. The minimum absolute atomic E-state index is 0.244. The third kappa shape index (κ3) is 2.25. The Morgan fingerprint density at radius 2 is 2.47 bits per heavy atom. The van der Waals surface area contributed by atoms with E-state index < -0.39 is 0 Å². The van der Waals surface area contributed by atoms with E-state index in [0.29, 0.717) is 18.1 Å². The van der Waals surface area contributed by atoms with Crippen molar-refractivity contribution in [3.8, 4) is 0 Å². The summed E-state index contributed by atoms with van der Waals surface area (Å²) in [6, 6.07) is 0.244. The Kier molecular flexibility index (Phi) is 3.14. The fourth-order valence-corrected chi connectivity index (χ4v) is 2.45. The van der Waals surface area contributed by atoms with Gasteiger partial charge >= 0.3 is 0 Å². The number of carbonyl (C=O) groups is 1. The number of nitrogens with zero attached hydrogens (tertiary/aromatic N) is 3. The molecule has 1 fully saturated rings. The van der Waals surface area contributed by atoms with Gasteiger partial charge in [0, 0.05) is 19.0 Å². The summed E-state index contributed by atoms with van der Waals surface area (Å²) in [5.74, 6) is 0.956.